The summed E-state index contributed by atoms with van der Waals surface area (Å²) in [5, 5.41) is 12.1. The van der Waals surface area contributed by atoms with E-state index in [1.807, 2.05) is 24.3 Å². The van der Waals surface area contributed by atoms with Crippen LogP contribution in [0.3, 0.4) is 0 Å². The lowest BCUT2D eigenvalue weighted by molar-refractivity contribution is -0.137. The minimum atomic E-state index is -1.08. The zero-order valence-corrected chi connectivity index (χ0v) is 18.8. The molecule has 1 aromatic heterocycles. The van der Waals surface area contributed by atoms with E-state index in [1.54, 1.807) is 6.92 Å². The fourth-order valence-electron chi connectivity index (χ4n) is 3.93. The van der Waals surface area contributed by atoms with Crippen molar-refractivity contribution in [3.63, 3.8) is 0 Å². The van der Waals surface area contributed by atoms with Gasteiger partial charge in [0.15, 0.2) is 0 Å². The van der Waals surface area contributed by atoms with Gasteiger partial charge in [0, 0.05) is 12.5 Å². The summed E-state index contributed by atoms with van der Waals surface area (Å²) in [4.78, 5) is 41.4. The number of likely N-dealkylation sites (N-methyl/N-ethyl adjacent to an activating group) is 1. The number of carbonyl (C=O) groups is 3. The molecule has 0 saturated carbocycles. The van der Waals surface area contributed by atoms with E-state index in [4.69, 9.17) is 9.84 Å². The Labute approximate surface area is 194 Å². The topological polar surface area (TPSA) is 109 Å². The second-order valence-electron chi connectivity index (χ2n) is 7.51. The van der Waals surface area contributed by atoms with Crippen LogP contribution in [0.2, 0.25) is 0 Å². The molecule has 0 aliphatic heterocycles. The number of hydrogen-bond donors (Lipinski definition) is 2. The van der Waals surface area contributed by atoms with Crippen molar-refractivity contribution >= 4 is 29.3 Å². The minimum Gasteiger partial charge on any atom is -0.480 e. The molecule has 0 spiro atoms. The first kappa shape index (κ1) is 22.5. The molecule has 33 heavy (non-hydrogen) atoms. The van der Waals surface area contributed by atoms with E-state index >= 15 is 0 Å². The summed E-state index contributed by atoms with van der Waals surface area (Å²) in [7, 11) is 0. The number of nitrogens with zero attached hydrogens (tertiary/aromatic N) is 2. The number of aromatic nitrogens is 1. The molecule has 0 atom stereocenters. The van der Waals surface area contributed by atoms with Crippen LogP contribution in [-0.2, 0) is 16.1 Å². The standard InChI is InChI=1S/C24H23N3O5S/c1-2-27(13-22(28)29)23(30)20-11-25-21(33-20)12-26-24(31)32-14-19-17-9-5-3-7-15(17)16-8-4-6-10-18(16)19/h3-11,19H,2,12-14H2,1H3,(H,26,31)(H,28,29). The van der Waals surface area contributed by atoms with E-state index in [2.05, 4.69) is 34.6 Å². The smallest absolute Gasteiger partial charge is 0.407 e. The van der Waals surface area contributed by atoms with Gasteiger partial charge in [-0.3, -0.25) is 9.59 Å². The SMILES string of the molecule is CCN(CC(=O)O)C(=O)c1cnc(CNC(=O)OCC2c3ccccc3-c3ccccc32)s1. The third-order valence-electron chi connectivity index (χ3n) is 5.49. The Bertz CT molecular complexity index is 1150. The minimum absolute atomic E-state index is 0.0264. The van der Waals surface area contributed by atoms with Crippen LogP contribution >= 0.6 is 11.3 Å². The van der Waals surface area contributed by atoms with Gasteiger partial charge in [0.2, 0.25) is 0 Å². The highest BCUT2D eigenvalue weighted by Gasteiger charge is 2.29. The van der Waals surface area contributed by atoms with Crippen molar-refractivity contribution in [2.75, 3.05) is 19.7 Å². The Morgan fingerprint density at radius 2 is 1.73 bits per heavy atom. The number of thiazole rings is 1. The Morgan fingerprint density at radius 3 is 2.33 bits per heavy atom. The maximum absolute atomic E-state index is 12.4. The van der Waals surface area contributed by atoms with Gasteiger partial charge in [-0.2, -0.15) is 0 Å². The molecule has 4 rings (SSSR count). The first-order valence-corrected chi connectivity index (χ1v) is 11.3. The number of aliphatic carboxylic acids is 1. The fraction of sp³-hybridized carbons (Fsp3) is 0.250. The second kappa shape index (κ2) is 9.83. The molecule has 0 saturated heterocycles. The molecule has 2 aromatic carbocycles. The molecular formula is C24H23N3O5S. The Balaban J connectivity index is 1.33. The van der Waals surface area contributed by atoms with Crippen LogP contribution in [0.4, 0.5) is 4.79 Å². The van der Waals surface area contributed by atoms with Crippen LogP contribution in [0, 0.1) is 0 Å². The van der Waals surface area contributed by atoms with Gasteiger partial charge in [0.1, 0.15) is 23.0 Å². The van der Waals surface area contributed by atoms with Gasteiger partial charge in [0.25, 0.3) is 5.91 Å². The van der Waals surface area contributed by atoms with Crippen molar-refractivity contribution < 1.29 is 24.2 Å². The van der Waals surface area contributed by atoms with Gasteiger partial charge in [-0.25, -0.2) is 9.78 Å². The zero-order chi connectivity index (χ0) is 23.4. The predicted octanol–water partition coefficient (Wildman–Crippen LogP) is 3.73. The second-order valence-corrected chi connectivity index (χ2v) is 8.63. The van der Waals surface area contributed by atoms with Crippen molar-refractivity contribution in [3.05, 3.63) is 75.7 Å². The van der Waals surface area contributed by atoms with Gasteiger partial charge < -0.3 is 20.1 Å². The number of amides is 2. The van der Waals surface area contributed by atoms with Crippen molar-refractivity contribution in [3.8, 4) is 11.1 Å². The third-order valence-corrected chi connectivity index (χ3v) is 6.47. The van der Waals surface area contributed by atoms with Gasteiger partial charge in [-0.1, -0.05) is 48.5 Å². The number of nitrogens with one attached hydrogen (secondary N) is 1. The normalized spacial score (nSPS) is 12.0. The van der Waals surface area contributed by atoms with Crippen LogP contribution in [0.15, 0.2) is 54.7 Å². The van der Waals surface area contributed by atoms with Crippen molar-refractivity contribution in [1.82, 2.24) is 15.2 Å². The van der Waals surface area contributed by atoms with E-state index in [-0.39, 0.29) is 32.2 Å². The molecule has 9 heteroatoms. The molecule has 2 N–H and O–H groups in total. The highest BCUT2D eigenvalue weighted by atomic mass is 32.1. The number of carboxylic acid groups (broad SMARTS) is 1. The number of carbonyl (C=O) groups excluding carboxylic acids is 2. The highest BCUT2D eigenvalue weighted by Crippen LogP contribution is 2.44. The molecule has 1 aliphatic carbocycles. The Kier molecular flexibility index (Phi) is 6.69. The van der Waals surface area contributed by atoms with E-state index in [9.17, 15) is 14.4 Å². The average Bonchev–Trinajstić information content (AvgIpc) is 3.42. The van der Waals surface area contributed by atoms with Crippen LogP contribution in [0.5, 0.6) is 0 Å². The van der Waals surface area contributed by atoms with Crippen molar-refractivity contribution in [2.45, 2.75) is 19.4 Å². The maximum Gasteiger partial charge on any atom is 0.407 e. The fourth-order valence-corrected chi connectivity index (χ4v) is 4.76. The number of alkyl carbamates (subject to hydrolysis) is 1. The first-order valence-electron chi connectivity index (χ1n) is 10.5. The van der Waals surface area contributed by atoms with Crippen LogP contribution in [0.25, 0.3) is 11.1 Å². The number of benzene rings is 2. The lowest BCUT2D eigenvalue weighted by atomic mass is 9.98. The molecule has 0 fully saturated rings. The molecule has 1 heterocycles. The largest absolute Gasteiger partial charge is 0.480 e. The van der Waals surface area contributed by atoms with Crippen LogP contribution in [0.1, 0.15) is 38.6 Å². The molecule has 0 bridgehead atoms. The summed E-state index contributed by atoms with van der Waals surface area (Å²) in [6, 6.07) is 16.2. The molecular weight excluding hydrogens is 442 g/mol. The van der Waals surface area contributed by atoms with Gasteiger partial charge in [0.05, 0.1) is 12.7 Å². The molecule has 1 aliphatic rings. The molecule has 2 amide bonds. The zero-order valence-electron chi connectivity index (χ0n) is 18.0. The summed E-state index contributed by atoms with van der Waals surface area (Å²) >= 11 is 1.11. The molecule has 3 aromatic rings. The molecule has 0 unspecified atom stereocenters. The monoisotopic (exact) mass is 465 g/mol. The average molecular weight is 466 g/mol. The first-order chi connectivity index (χ1) is 16.0. The summed E-state index contributed by atoms with van der Waals surface area (Å²) in [6.45, 7) is 1.93. The lowest BCUT2D eigenvalue weighted by Gasteiger charge is -2.16. The highest BCUT2D eigenvalue weighted by molar-refractivity contribution is 7.13. The Morgan fingerprint density at radius 1 is 1.09 bits per heavy atom. The molecule has 170 valence electrons. The van der Waals surface area contributed by atoms with E-state index in [0.717, 1.165) is 33.6 Å². The quantitative estimate of drug-likeness (QED) is 0.525. The van der Waals surface area contributed by atoms with E-state index < -0.39 is 18.0 Å². The number of hydrogen-bond acceptors (Lipinski definition) is 6. The van der Waals surface area contributed by atoms with Crippen molar-refractivity contribution in [1.29, 1.82) is 0 Å². The lowest BCUT2D eigenvalue weighted by Crippen LogP contribution is -2.35. The van der Waals surface area contributed by atoms with Crippen LogP contribution in [-0.4, -0.2) is 52.7 Å². The number of rotatable bonds is 8. The van der Waals surface area contributed by atoms with E-state index in [0.29, 0.717) is 9.88 Å². The van der Waals surface area contributed by atoms with Crippen LogP contribution < -0.4 is 5.32 Å². The summed E-state index contributed by atoms with van der Waals surface area (Å²) in [6.07, 6.45) is 0.827. The van der Waals surface area contributed by atoms with E-state index in [1.165, 1.54) is 11.1 Å². The summed E-state index contributed by atoms with van der Waals surface area (Å²) < 4.78 is 5.50. The van der Waals surface area contributed by atoms with Gasteiger partial charge in [-0.05, 0) is 29.2 Å². The Hall–Kier alpha value is -3.72. The van der Waals surface area contributed by atoms with Gasteiger partial charge in [-0.15, -0.1) is 11.3 Å². The maximum atomic E-state index is 12.4. The van der Waals surface area contributed by atoms with Crippen molar-refractivity contribution in [2.24, 2.45) is 0 Å². The number of carboxylic acids is 1. The summed E-state index contributed by atoms with van der Waals surface area (Å²) in [5.74, 6) is -1.50. The number of fused-ring (bicyclic) bond motifs is 3. The molecule has 0 radical (unpaired) electrons. The predicted molar refractivity (Wildman–Crippen MR) is 123 cm³/mol. The van der Waals surface area contributed by atoms with Gasteiger partial charge >= 0.3 is 12.1 Å². The molecule has 8 nitrogen and oxygen atoms in total. The summed E-state index contributed by atoms with van der Waals surface area (Å²) in [5.41, 5.74) is 4.59. The third kappa shape index (κ3) is 4.88. The number of ether oxygens (including phenoxy) is 1.